The summed E-state index contributed by atoms with van der Waals surface area (Å²) >= 11 is 3.38. The Morgan fingerprint density at radius 3 is 2.77 bits per heavy atom. The average Bonchev–Trinajstić information content (AvgIpc) is 3.39. The van der Waals surface area contributed by atoms with E-state index < -0.39 is 0 Å². The molecule has 6 heteroatoms. The second kappa shape index (κ2) is 7.70. The molecule has 0 bridgehead atoms. The Morgan fingerprint density at radius 1 is 1.27 bits per heavy atom. The van der Waals surface area contributed by atoms with Crippen LogP contribution in [-0.2, 0) is 11.3 Å². The minimum Gasteiger partial charge on any atom is -0.376 e. The SMILES string of the molecule is CC(=O)c1ccc(N=c2scc(-c3cccs3)n2C[C@H]2CCCO2)cc1. The van der Waals surface area contributed by atoms with Gasteiger partial charge in [-0.2, -0.15) is 0 Å². The first kappa shape index (κ1) is 17.4. The van der Waals surface area contributed by atoms with Crippen LogP contribution in [0.1, 0.15) is 30.1 Å². The summed E-state index contributed by atoms with van der Waals surface area (Å²) in [5, 5.41) is 4.27. The smallest absolute Gasteiger partial charge is 0.190 e. The van der Waals surface area contributed by atoms with Gasteiger partial charge in [-0.1, -0.05) is 6.07 Å². The highest BCUT2D eigenvalue weighted by Crippen LogP contribution is 2.27. The number of carbonyl (C=O) groups is 1. The largest absolute Gasteiger partial charge is 0.376 e. The maximum Gasteiger partial charge on any atom is 0.190 e. The first-order chi connectivity index (χ1) is 12.7. The van der Waals surface area contributed by atoms with E-state index in [-0.39, 0.29) is 11.9 Å². The van der Waals surface area contributed by atoms with E-state index in [1.165, 1.54) is 10.6 Å². The first-order valence-electron chi connectivity index (χ1n) is 8.70. The van der Waals surface area contributed by atoms with Crippen LogP contribution >= 0.6 is 22.7 Å². The lowest BCUT2D eigenvalue weighted by molar-refractivity contribution is 0.0968. The molecular weight excluding hydrogens is 364 g/mol. The van der Waals surface area contributed by atoms with Crippen molar-refractivity contribution in [2.75, 3.05) is 6.61 Å². The molecule has 1 aliphatic heterocycles. The zero-order chi connectivity index (χ0) is 17.9. The van der Waals surface area contributed by atoms with Gasteiger partial charge in [0.2, 0.25) is 0 Å². The third-order valence-corrected chi connectivity index (χ3v) is 6.24. The van der Waals surface area contributed by atoms with E-state index in [0.29, 0.717) is 5.56 Å². The van der Waals surface area contributed by atoms with Crippen molar-refractivity contribution in [1.29, 1.82) is 0 Å². The minimum atomic E-state index is 0.0705. The molecule has 1 aromatic carbocycles. The van der Waals surface area contributed by atoms with E-state index in [4.69, 9.17) is 9.73 Å². The minimum absolute atomic E-state index is 0.0705. The molecule has 3 heterocycles. The number of hydrogen-bond acceptors (Lipinski definition) is 5. The Morgan fingerprint density at radius 2 is 2.12 bits per heavy atom. The summed E-state index contributed by atoms with van der Waals surface area (Å²) in [5.41, 5.74) is 2.76. The van der Waals surface area contributed by atoms with Gasteiger partial charge in [-0.25, -0.2) is 4.99 Å². The van der Waals surface area contributed by atoms with Gasteiger partial charge in [0.15, 0.2) is 10.6 Å². The Kier molecular flexibility index (Phi) is 5.15. The summed E-state index contributed by atoms with van der Waals surface area (Å²) in [7, 11) is 0. The molecule has 2 aromatic heterocycles. The fourth-order valence-electron chi connectivity index (χ4n) is 3.09. The van der Waals surface area contributed by atoms with Crippen molar-refractivity contribution in [3.05, 3.63) is 57.5 Å². The first-order valence-corrected chi connectivity index (χ1v) is 10.5. The Labute approximate surface area is 160 Å². The number of hydrogen-bond donors (Lipinski definition) is 0. The molecule has 0 N–H and O–H groups in total. The third-order valence-electron chi connectivity index (χ3n) is 4.48. The number of thiophene rings is 1. The van der Waals surface area contributed by atoms with Crippen LogP contribution in [0.3, 0.4) is 0 Å². The molecule has 1 saturated heterocycles. The van der Waals surface area contributed by atoms with Crippen LogP contribution in [0.25, 0.3) is 10.6 Å². The summed E-state index contributed by atoms with van der Waals surface area (Å²) < 4.78 is 8.12. The van der Waals surface area contributed by atoms with Crippen molar-refractivity contribution in [2.24, 2.45) is 4.99 Å². The van der Waals surface area contributed by atoms with Crippen LogP contribution in [0, 0.1) is 0 Å². The number of Topliss-reactive ketones (excluding diaryl/α,β-unsaturated/α-hetero) is 1. The fraction of sp³-hybridized carbons (Fsp3) is 0.300. The average molecular weight is 385 g/mol. The number of rotatable bonds is 5. The summed E-state index contributed by atoms with van der Waals surface area (Å²) in [6.07, 6.45) is 2.48. The molecule has 4 nitrogen and oxygen atoms in total. The standard InChI is InChI=1S/C20H20N2O2S2/c1-14(23)15-6-8-16(9-7-15)21-20-22(12-17-4-2-10-24-17)18(13-26-20)19-5-3-11-25-19/h3,5-9,11,13,17H,2,4,10,12H2,1H3/t17-/m1/s1. The lowest BCUT2D eigenvalue weighted by Gasteiger charge is -2.13. The molecule has 0 radical (unpaired) electrons. The van der Waals surface area contributed by atoms with Crippen molar-refractivity contribution in [3.8, 4) is 10.6 Å². The van der Waals surface area contributed by atoms with Gasteiger partial charge in [0.25, 0.3) is 0 Å². The Balaban J connectivity index is 1.73. The lowest BCUT2D eigenvalue weighted by Crippen LogP contribution is -2.23. The number of aromatic nitrogens is 1. The summed E-state index contributed by atoms with van der Waals surface area (Å²) in [5.74, 6) is 0.0705. The van der Waals surface area contributed by atoms with Gasteiger partial charge in [-0.05, 0) is 55.5 Å². The molecule has 1 fully saturated rings. The Bertz CT molecular complexity index is 947. The van der Waals surface area contributed by atoms with Crippen molar-refractivity contribution in [3.63, 3.8) is 0 Å². The predicted octanol–water partition coefficient (Wildman–Crippen LogP) is 4.89. The van der Waals surface area contributed by atoms with Crippen LogP contribution in [0.15, 0.2) is 52.2 Å². The quantitative estimate of drug-likeness (QED) is 0.588. The summed E-state index contributed by atoms with van der Waals surface area (Å²) in [4.78, 5) is 18.5. The zero-order valence-corrected chi connectivity index (χ0v) is 16.2. The molecule has 1 atom stereocenters. The van der Waals surface area contributed by atoms with Crippen molar-refractivity contribution >= 4 is 34.1 Å². The molecule has 26 heavy (non-hydrogen) atoms. The van der Waals surface area contributed by atoms with Crippen molar-refractivity contribution in [2.45, 2.75) is 32.4 Å². The summed E-state index contributed by atoms with van der Waals surface area (Å²) in [6.45, 7) is 3.25. The molecule has 134 valence electrons. The van der Waals surface area contributed by atoms with Gasteiger partial charge in [0.05, 0.1) is 28.9 Å². The third kappa shape index (κ3) is 3.72. The van der Waals surface area contributed by atoms with E-state index in [1.807, 2.05) is 24.3 Å². The van der Waals surface area contributed by atoms with Gasteiger partial charge in [-0.15, -0.1) is 22.7 Å². The van der Waals surface area contributed by atoms with E-state index >= 15 is 0 Å². The number of thiazole rings is 1. The molecule has 0 unspecified atom stereocenters. The Hall–Kier alpha value is -2.02. The van der Waals surface area contributed by atoms with E-state index in [0.717, 1.165) is 36.5 Å². The van der Waals surface area contributed by atoms with Gasteiger partial charge in [0, 0.05) is 17.6 Å². The molecule has 0 saturated carbocycles. The highest BCUT2D eigenvalue weighted by atomic mass is 32.1. The molecule has 3 aromatic rings. The second-order valence-electron chi connectivity index (χ2n) is 6.34. The second-order valence-corrected chi connectivity index (χ2v) is 8.13. The highest BCUT2D eigenvalue weighted by Gasteiger charge is 2.19. The van der Waals surface area contributed by atoms with Crippen LogP contribution in [0.2, 0.25) is 0 Å². The number of carbonyl (C=O) groups excluding carboxylic acids is 1. The molecular formula is C20H20N2O2S2. The zero-order valence-electron chi connectivity index (χ0n) is 14.6. The van der Waals surface area contributed by atoms with E-state index in [2.05, 4.69) is 27.5 Å². The van der Waals surface area contributed by atoms with E-state index in [1.54, 1.807) is 29.6 Å². The monoisotopic (exact) mass is 384 g/mol. The van der Waals surface area contributed by atoms with Crippen LogP contribution < -0.4 is 4.80 Å². The number of ketones is 1. The number of ether oxygens (including phenoxy) is 1. The molecule has 0 amide bonds. The summed E-state index contributed by atoms with van der Waals surface area (Å²) in [6, 6.07) is 11.7. The molecule has 0 aliphatic carbocycles. The highest BCUT2D eigenvalue weighted by molar-refractivity contribution is 7.14. The molecule has 1 aliphatic rings. The maximum atomic E-state index is 11.5. The predicted molar refractivity (Wildman–Crippen MR) is 106 cm³/mol. The number of nitrogens with zero attached hydrogens (tertiary/aromatic N) is 2. The topological polar surface area (TPSA) is 43.6 Å². The van der Waals surface area contributed by atoms with Gasteiger partial charge in [-0.3, -0.25) is 4.79 Å². The lowest BCUT2D eigenvalue weighted by atomic mass is 10.1. The van der Waals surface area contributed by atoms with Crippen molar-refractivity contribution in [1.82, 2.24) is 4.57 Å². The fourth-order valence-corrected chi connectivity index (χ4v) is 4.85. The van der Waals surface area contributed by atoms with Crippen LogP contribution in [-0.4, -0.2) is 23.1 Å². The normalized spacial score (nSPS) is 17.7. The molecule has 0 spiro atoms. The number of benzene rings is 1. The van der Waals surface area contributed by atoms with Crippen molar-refractivity contribution < 1.29 is 9.53 Å². The maximum absolute atomic E-state index is 11.5. The van der Waals surface area contributed by atoms with Gasteiger partial charge in [0.1, 0.15) is 0 Å². The van der Waals surface area contributed by atoms with E-state index in [9.17, 15) is 4.79 Å². The van der Waals surface area contributed by atoms with Gasteiger partial charge >= 0.3 is 0 Å². The van der Waals surface area contributed by atoms with Crippen LogP contribution in [0.4, 0.5) is 5.69 Å². The van der Waals surface area contributed by atoms with Gasteiger partial charge < -0.3 is 9.30 Å². The molecule has 4 rings (SSSR count). The van der Waals surface area contributed by atoms with Crippen LogP contribution in [0.5, 0.6) is 0 Å².